The van der Waals surface area contributed by atoms with Gasteiger partial charge in [0.15, 0.2) is 11.5 Å². The number of carboxylic acid groups (broad SMARTS) is 1. The molecule has 1 saturated heterocycles. The molecule has 1 aromatic carbocycles. The van der Waals surface area contributed by atoms with Gasteiger partial charge in [-0.3, -0.25) is 9.69 Å². The lowest BCUT2D eigenvalue weighted by Gasteiger charge is -2.20. The Hall–Kier alpha value is -1.27. The second kappa shape index (κ2) is 4.93. The molecule has 3 rings (SSSR count). The molecule has 0 spiro atoms. The highest BCUT2D eigenvalue weighted by molar-refractivity contribution is 9.10. The van der Waals surface area contributed by atoms with E-state index in [2.05, 4.69) is 20.8 Å². The van der Waals surface area contributed by atoms with Crippen molar-refractivity contribution in [2.24, 2.45) is 5.41 Å². The van der Waals surface area contributed by atoms with Crippen molar-refractivity contribution in [1.82, 2.24) is 4.90 Å². The van der Waals surface area contributed by atoms with Crippen LogP contribution in [0.15, 0.2) is 16.6 Å². The molecule has 1 unspecified atom stereocenters. The first-order valence-electron chi connectivity index (χ1n) is 6.52. The molecule has 0 aromatic heterocycles. The van der Waals surface area contributed by atoms with E-state index >= 15 is 0 Å². The fraction of sp³-hybridized carbons (Fsp3) is 0.500. The van der Waals surface area contributed by atoms with Gasteiger partial charge in [0.05, 0.1) is 9.89 Å². The van der Waals surface area contributed by atoms with Crippen LogP contribution in [0, 0.1) is 5.41 Å². The number of hydrogen-bond donors (Lipinski definition) is 1. The van der Waals surface area contributed by atoms with Crippen LogP contribution >= 0.6 is 15.9 Å². The number of aliphatic carboxylic acids is 1. The van der Waals surface area contributed by atoms with Crippen LogP contribution in [0.3, 0.4) is 0 Å². The van der Waals surface area contributed by atoms with E-state index in [-0.39, 0.29) is 6.79 Å². The Balaban J connectivity index is 1.74. The number of halogens is 1. The van der Waals surface area contributed by atoms with Crippen molar-refractivity contribution in [3.63, 3.8) is 0 Å². The second-order valence-corrected chi connectivity index (χ2v) is 6.49. The van der Waals surface area contributed by atoms with Crippen LogP contribution in [0.5, 0.6) is 11.5 Å². The van der Waals surface area contributed by atoms with Gasteiger partial charge in [0.1, 0.15) is 0 Å². The first kappa shape index (κ1) is 13.7. The van der Waals surface area contributed by atoms with E-state index in [0.29, 0.717) is 13.0 Å². The minimum Gasteiger partial charge on any atom is -0.481 e. The summed E-state index contributed by atoms with van der Waals surface area (Å²) in [5, 5.41) is 9.26. The number of carboxylic acids is 1. The Bertz CT molecular complexity index is 562. The average molecular weight is 342 g/mol. The van der Waals surface area contributed by atoms with Crippen molar-refractivity contribution in [3.8, 4) is 11.5 Å². The molecule has 1 N–H and O–H groups in total. The van der Waals surface area contributed by atoms with Crippen LogP contribution in [-0.4, -0.2) is 35.9 Å². The Morgan fingerprint density at radius 1 is 1.50 bits per heavy atom. The molecule has 5 nitrogen and oxygen atoms in total. The summed E-state index contributed by atoms with van der Waals surface area (Å²) < 4.78 is 11.6. The maximum absolute atomic E-state index is 11.3. The van der Waals surface area contributed by atoms with Crippen LogP contribution in [0.25, 0.3) is 0 Å². The molecular weight excluding hydrogens is 326 g/mol. The molecule has 0 saturated carbocycles. The standard InChI is InChI=1S/C14H16BrNO4/c1-14(13(17)18)2-3-16(7-14)6-9-4-10(15)12-11(5-9)19-8-20-12/h4-5H,2-3,6-8H2,1H3,(H,17,18). The van der Waals surface area contributed by atoms with E-state index in [9.17, 15) is 9.90 Å². The lowest BCUT2D eigenvalue weighted by atomic mass is 9.90. The van der Waals surface area contributed by atoms with E-state index in [4.69, 9.17) is 9.47 Å². The van der Waals surface area contributed by atoms with Gasteiger partial charge in [0.2, 0.25) is 6.79 Å². The van der Waals surface area contributed by atoms with Crippen molar-refractivity contribution < 1.29 is 19.4 Å². The molecule has 1 aromatic rings. The smallest absolute Gasteiger partial charge is 0.310 e. The Kier molecular flexibility index (Phi) is 3.38. The average Bonchev–Trinajstić information content (AvgIpc) is 2.97. The highest BCUT2D eigenvalue weighted by Crippen LogP contribution is 2.40. The molecule has 1 fully saturated rings. The molecule has 1 atom stereocenters. The van der Waals surface area contributed by atoms with E-state index in [1.54, 1.807) is 0 Å². The van der Waals surface area contributed by atoms with Crippen molar-refractivity contribution in [2.45, 2.75) is 19.9 Å². The molecule has 20 heavy (non-hydrogen) atoms. The number of rotatable bonds is 3. The number of carbonyl (C=O) groups is 1. The molecule has 2 heterocycles. The number of likely N-dealkylation sites (tertiary alicyclic amines) is 1. The number of benzene rings is 1. The van der Waals surface area contributed by atoms with Crippen molar-refractivity contribution >= 4 is 21.9 Å². The van der Waals surface area contributed by atoms with Crippen molar-refractivity contribution in [3.05, 3.63) is 22.2 Å². The first-order chi connectivity index (χ1) is 9.48. The minimum absolute atomic E-state index is 0.248. The summed E-state index contributed by atoms with van der Waals surface area (Å²) in [6, 6.07) is 3.97. The zero-order chi connectivity index (χ0) is 14.3. The minimum atomic E-state index is -0.716. The quantitative estimate of drug-likeness (QED) is 0.915. The number of hydrogen-bond acceptors (Lipinski definition) is 4. The Labute approximate surface area is 125 Å². The molecular formula is C14H16BrNO4. The third kappa shape index (κ3) is 2.38. The molecule has 2 aliphatic rings. The maximum Gasteiger partial charge on any atom is 0.310 e. The van der Waals surface area contributed by atoms with Crippen molar-refractivity contribution in [2.75, 3.05) is 19.9 Å². The molecule has 6 heteroatoms. The summed E-state index contributed by atoms with van der Waals surface area (Å²) in [7, 11) is 0. The fourth-order valence-electron chi connectivity index (χ4n) is 2.74. The van der Waals surface area contributed by atoms with Crippen LogP contribution in [0.1, 0.15) is 18.9 Å². The van der Waals surface area contributed by atoms with Crippen LogP contribution < -0.4 is 9.47 Å². The summed E-state index contributed by atoms with van der Waals surface area (Å²) in [5.74, 6) is 0.770. The monoisotopic (exact) mass is 341 g/mol. The van der Waals surface area contributed by atoms with E-state index in [1.807, 2.05) is 19.1 Å². The fourth-order valence-corrected chi connectivity index (χ4v) is 3.34. The lowest BCUT2D eigenvalue weighted by Crippen LogP contribution is -2.31. The summed E-state index contributed by atoms with van der Waals surface area (Å²) in [5.41, 5.74) is 0.462. The summed E-state index contributed by atoms with van der Waals surface area (Å²) in [4.78, 5) is 13.4. The predicted molar refractivity (Wildman–Crippen MR) is 75.9 cm³/mol. The van der Waals surface area contributed by atoms with Crippen LogP contribution in [0.4, 0.5) is 0 Å². The van der Waals surface area contributed by atoms with Crippen molar-refractivity contribution in [1.29, 1.82) is 0 Å². The van der Waals surface area contributed by atoms with E-state index in [0.717, 1.165) is 34.6 Å². The van der Waals surface area contributed by atoms with Gasteiger partial charge in [-0.1, -0.05) is 0 Å². The maximum atomic E-state index is 11.3. The zero-order valence-electron chi connectivity index (χ0n) is 11.2. The summed E-state index contributed by atoms with van der Waals surface area (Å²) in [6.07, 6.45) is 0.689. The third-order valence-electron chi connectivity index (χ3n) is 3.96. The number of fused-ring (bicyclic) bond motifs is 1. The van der Waals surface area contributed by atoms with Gasteiger partial charge in [-0.15, -0.1) is 0 Å². The number of nitrogens with zero attached hydrogens (tertiary/aromatic N) is 1. The molecule has 2 aliphatic heterocycles. The second-order valence-electron chi connectivity index (χ2n) is 5.64. The predicted octanol–water partition coefficient (Wildman–Crippen LogP) is 2.47. The van der Waals surface area contributed by atoms with Gasteiger partial charge >= 0.3 is 5.97 Å². The topological polar surface area (TPSA) is 59.0 Å². The van der Waals surface area contributed by atoms with Gasteiger partial charge in [-0.2, -0.15) is 0 Å². The van der Waals surface area contributed by atoms with Gasteiger partial charge in [0.25, 0.3) is 0 Å². The summed E-state index contributed by atoms with van der Waals surface area (Å²) >= 11 is 3.48. The van der Waals surface area contributed by atoms with Gasteiger partial charge in [-0.25, -0.2) is 0 Å². The molecule has 0 aliphatic carbocycles. The molecule has 0 bridgehead atoms. The molecule has 108 valence electrons. The van der Waals surface area contributed by atoms with E-state index in [1.165, 1.54) is 0 Å². The van der Waals surface area contributed by atoms with Crippen LogP contribution in [0.2, 0.25) is 0 Å². The third-order valence-corrected chi connectivity index (χ3v) is 4.55. The Morgan fingerprint density at radius 3 is 3.00 bits per heavy atom. The Morgan fingerprint density at radius 2 is 2.30 bits per heavy atom. The highest BCUT2D eigenvalue weighted by atomic mass is 79.9. The molecule has 0 amide bonds. The lowest BCUT2D eigenvalue weighted by molar-refractivity contribution is -0.147. The van der Waals surface area contributed by atoms with Crippen LogP contribution in [-0.2, 0) is 11.3 Å². The largest absolute Gasteiger partial charge is 0.481 e. The first-order valence-corrected chi connectivity index (χ1v) is 7.31. The van der Waals surface area contributed by atoms with Gasteiger partial charge in [-0.05, 0) is 53.5 Å². The van der Waals surface area contributed by atoms with Gasteiger partial charge < -0.3 is 14.6 Å². The summed E-state index contributed by atoms with van der Waals surface area (Å²) in [6.45, 7) is 4.16. The highest BCUT2D eigenvalue weighted by Gasteiger charge is 2.40. The number of ether oxygens (including phenoxy) is 2. The SMILES string of the molecule is CC1(C(=O)O)CCN(Cc2cc(Br)c3c(c2)OCO3)C1. The van der Waals surface area contributed by atoms with E-state index < -0.39 is 11.4 Å². The normalized spacial score (nSPS) is 25.1. The zero-order valence-corrected chi connectivity index (χ0v) is 12.8. The van der Waals surface area contributed by atoms with Gasteiger partial charge in [0, 0.05) is 13.1 Å². The molecule has 0 radical (unpaired) electrons.